The highest BCUT2D eigenvalue weighted by atomic mass is 19.1. The molecule has 0 fully saturated rings. The van der Waals surface area contributed by atoms with E-state index in [1.54, 1.807) is 19.4 Å². The first-order chi connectivity index (χ1) is 14.1. The van der Waals surface area contributed by atoms with Crippen LogP contribution in [-0.4, -0.2) is 39.0 Å². The van der Waals surface area contributed by atoms with Crippen LogP contribution in [0, 0.1) is 5.82 Å². The number of H-pyrrole nitrogens is 1. The fraction of sp³-hybridized carbons (Fsp3) is 0.182. The van der Waals surface area contributed by atoms with Gasteiger partial charge in [0.15, 0.2) is 0 Å². The molecule has 0 aliphatic rings. The molecule has 2 aromatic carbocycles. The van der Waals surface area contributed by atoms with Gasteiger partial charge < -0.3 is 4.74 Å². The molecule has 0 radical (unpaired) electrons. The molecule has 2 aromatic heterocycles. The molecule has 148 valence electrons. The smallest absolute Gasteiger partial charge is 0.123 e. The van der Waals surface area contributed by atoms with E-state index < -0.39 is 0 Å². The predicted octanol–water partition coefficient (Wildman–Crippen LogP) is 4.04. The lowest BCUT2D eigenvalue weighted by Gasteiger charge is -2.15. The molecule has 0 saturated heterocycles. The number of methoxy groups -OCH3 is 1. The van der Waals surface area contributed by atoms with Crippen molar-refractivity contribution in [1.82, 2.24) is 24.9 Å². The van der Waals surface area contributed by atoms with E-state index in [2.05, 4.69) is 15.1 Å². The van der Waals surface area contributed by atoms with Gasteiger partial charge in [-0.2, -0.15) is 10.2 Å². The van der Waals surface area contributed by atoms with Gasteiger partial charge >= 0.3 is 0 Å². The second-order valence-electron chi connectivity index (χ2n) is 6.91. The van der Waals surface area contributed by atoms with Gasteiger partial charge in [-0.3, -0.25) is 10.00 Å². The Morgan fingerprint density at radius 1 is 1.10 bits per heavy atom. The highest BCUT2D eigenvalue weighted by Crippen LogP contribution is 2.26. The fourth-order valence-electron chi connectivity index (χ4n) is 3.28. The van der Waals surface area contributed by atoms with Gasteiger partial charge in [0.25, 0.3) is 0 Å². The molecule has 4 rings (SSSR count). The molecule has 0 atom stereocenters. The first kappa shape index (κ1) is 18.9. The van der Waals surface area contributed by atoms with E-state index in [0.29, 0.717) is 6.54 Å². The molecule has 7 heteroatoms. The Morgan fingerprint density at radius 3 is 2.62 bits per heavy atom. The zero-order valence-corrected chi connectivity index (χ0v) is 16.3. The highest BCUT2D eigenvalue weighted by molar-refractivity contribution is 5.63. The molecule has 29 heavy (non-hydrogen) atoms. The molecule has 0 spiro atoms. The number of hydrogen-bond donors (Lipinski definition) is 1. The maximum Gasteiger partial charge on any atom is 0.123 e. The molecule has 2 heterocycles. The van der Waals surface area contributed by atoms with Crippen molar-refractivity contribution < 1.29 is 9.13 Å². The third-order valence-corrected chi connectivity index (χ3v) is 4.66. The van der Waals surface area contributed by atoms with Crippen LogP contribution >= 0.6 is 0 Å². The standard InChI is InChI=1S/C22H22FN5O/c1-27(15-19-10-11-24-25-19)13-17-14-28(20-6-8-21(29-2)9-7-20)26-22(17)16-4-3-5-18(23)12-16/h3-12,14H,13,15H2,1-2H3,(H,24,25). The summed E-state index contributed by atoms with van der Waals surface area (Å²) in [5.74, 6) is 0.504. The monoisotopic (exact) mass is 391 g/mol. The summed E-state index contributed by atoms with van der Waals surface area (Å²) in [6.07, 6.45) is 3.73. The predicted molar refractivity (Wildman–Crippen MR) is 109 cm³/mol. The van der Waals surface area contributed by atoms with Crippen molar-refractivity contribution in [3.05, 3.63) is 84.1 Å². The summed E-state index contributed by atoms with van der Waals surface area (Å²) < 4.78 is 20.9. The normalized spacial score (nSPS) is 11.2. The van der Waals surface area contributed by atoms with E-state index in [-0.39, 0.29) is 5.82 Å². The maximum atomic E-state index is 13.8. The van der Waals surface area contributed by atoms with Crippen LogP contribution < -0.4 is 4.74 Å². The molecule has 4 aromatic rings. The summed E-state index contributed by atoms with van der Waals surface area (Å²) in [7, 11) is 3.67. The number of halogens is 1. The molecular formula is C22H22FN5O. The summed E-state index contributed by atoms with van der Waals surface area (Å²) >= 11 is 0. The maximum absolute atomic E-state index is 13.8. The third-order valence-electron chi connectivity index (χ3n) is 4.66. The van der Waals surface area contributed by atoms with Gasteiger partial charge in [0.05, 0.1) is 18.5 Å². The number of aromatic nitrogens is 4. The number of benzene rings is 2. The molecule has 6 nitrogen and oxygen atoms in total. The second kappa shape index (κ2) is 8.28. The molecule has 0 amide bonds. The van der Waals surface area contributed by atoms with Crippen LogP contribution in [-0.2, 0) is 13.1 Å². The number of hydrogen-bond acceptors (Lipinski definition) is 4. The second-order valence-corrected chi connectivity index (χ2v) is 6.91. The van der Waals surface area contributed by atoms with E-state index in [4.69, 9.17) is 9.84 Å². The lowest BCUT2D eigenvalue weighted by molar-refractivity contribution is 0.315. The van der Waals surface area contributed by atoms with Gasteiger partial charge in [0.2, 0.25) is 0 Å². The summed E-state index contributed by atoms with van der Waals surface area (Å²) in [5.41, 5.74) is 4.46. The third kappa shape index (κ3) is 4.35. The van der Waals surface area contributed by atoms with Crippen molar-refractivity contribution in [2.75, 3.05) is 14.2 Å². The van der Waals surface area contributed by atoms with Crippen LogP contribution in [0.1, 0.15) is 11.3 Å². The Labute approximate surface area is 168 Å². The van der Waals surface area contributed by atoms with Gasteiger partial charge in [-0.15, -0.1) is 0 Å². The van der Waals surface area contributed by atoms with Crippen molar-refractivity contribution >= 4 is 0 Å². The molecule has 0 aliphatic carbocycles. The van der Waals surface area contributed by atoms with E-state index in [0.717, 1.165) is 40.5 Å². The molecule has 0 aliphatic heterocycles. The average molecular weight is 391 g/mol. The molecule has 0 saturated carbocycles. The molecule has 0 unspecified atom stereocenters. The molecular weight excluding hydrogens is 369 g/mol. The van der Waals surface area contributed by atoms with E-state index in [1.165, 1.54) is 12.1 Å². The largest absolute Gasteiger partial charge is 0.497 e. The van der Waals surface area contributed by atoms with Gasteiger partial charge in [-0.1, -0.05) is 12.1 Å². The van der Waals surface area contributed by atoms with E-state index in [1.807, 2.05) is 54.3 Å². The van der Waals surface area contributed by atoms with Crippen LogP contribution in [0.4, 0.5) is 4.39 Å². The number of rotatable bonds is 7. The van der Waals surface area contributed by atoms with Crippen molar-refractivity contribution in [1.29, 1.82) is 0 Å². The lowest BCUT2D eigenvalue weighted by atomic mass is 10.1. The summed E-state index contributed by atoms with van der Waals surface area (Å²) in [4.78, 5) is 2.16. The fourth-order valence-corrected chi connectivity index (χ4v) is 3.28. The quantitative estimate of drug-likeness (QED) is 0.517. The van der Waals surface area contributed by atoms with E-state index in [9.17, 15) is 4.39 Å². The Balaban J connectivity index is 1.68. The first-order valence-electron chi connectivity index (χ1n) is 9.28. The van der Waals surface area contributed by atoms with Crippen LogP contribution in [0.2, 0.25) is 0 Å². The Kier molecular flexibility index (Phi) is 5.39. The number of nitrogens with one attached hydrogen (secondary N) is 1. The Bertz CT molecular complexity index is 1070. The topological polar surface area (TPSA) is 59.0 Å². The minimum Gasteiger partial charge on any atom is -0.497 e. The van der Waals surface area contributed by atoms with Crippen molar-refractivity contribution in [3.63, 3.8) is 0 Å². The zero-order valence-electron chi connectivity index (χ0n) is 16.3. The summed E-state index contributed by atoms with van der Waals surface area (Å²) in [5, 5.41) is 11.7. The van der Waals surface area contributed by atoms with Crippen LogP contribution in [0.5, 0.6) is 5.75 Å². The van der Waals surface area contributed by atoms with Gasteiger partial charge in [-0.05, 0) is 49.5 Å². The van der Waals surface area contributed by atoms with Gasteiger partial charge in [0, 0.05) is 42.3 Å². The van der Waals surface area contributed by atoms with Crippen molar-refractivity contribution in [2.45, 2.75) is 13.1 Å². The Hall–Kier alpha value is -3.45. The van der Waals surface area contributed by atoms with Gasteiger partial charge in [0.1, 0.15) is 11.6 Å². The van der Waals surface area contributed by atoms with Crippen LogP contribution in [0.15, 0.2) is 67.0 Å². The minimum absolute atomic E-state index is 0.279. The van der Waals surface area contributed by atoms with Gasteiger partial charge in [-0.25, -0.2) is 9.07 Å². The van der Waals surface area contributed by atoms with Crippen LogP contribution in [0.3, 0.4) is 0 Å². The number of nitrogens with zero attached hydrogens (tertiary/aromatic N) is 4. The van der Waals surface area contributed by atoms with Crippen LogP contribution in [0.25, 0.3) is 16.9 Å². The average Bonchev–Trinajstić information content (AvgIpc) is 3.38. The molecule has 0 bridgehead atoms. The Morgan fingerprint density at radius 2 is 1.93 bits per heavy atom. The molecule has 1 N–H and O–H groups in total. The zero-order chi connectivity index (χ0) is 20.2. The van der Waals surface area contributed by atoms with Crippen molar-refractivity contribution in [3.8, 4) is 22.7 Å². The highest BCUT2D eigenvalue weighted by Gasteiger charge is 2.15. The lowest BCUT2D eigenvalue weighted by Crippen LogP contribution is -2.17. The minimum atomic E-state index is -0.279. The summed E-state index contributed by atoms with van der Waals surface area (Å²) in [6.45, 7) is 1.37. The summed E-state index contributed by atoms with van der Waals surface area (Å²) in [6, 6.07) is 16.2. The number of aromatic amines is 1. The first-order valence-corrected chi connectivity index (χ1v) is 9.28. The van der Waals surface area contributed by atoms with Crippen molar-refractivity contribution in [2.24, 2.45) is 0 Å². The number of ether oxygens (including phenoxy) is 1. The van der Waals surface area contributed by atoms with E-state index >= 15 is 0 Å². The SMILES string of the molecule is COc1ccc(-n2cc(CN(C)Cc3ccn[nH]3)c(-c3cccc(F)c3)n2)cc1.